The van der Waals surface area contributed by atoms with Crippen molar-refractivity contribution in [2.24, 2.45) is 0 Å². The first kappa shape index (κ1) is 19.6. The maximum Gasteiger partial charge on any atom is 0.283 e. The zero-order valence-electron chi connectivity index (χ0n) is 16.5. The molecule has 0 atom stereocenters. The Kier molecular flexibility index (Phi) is 8.07. The van der Waals surface area contributed by atoms with Gasteiger partial charge in [-0.2, -0.15) is 0 Å². The molecule has 0 aromatic heterocycles. The zero-order valence-corrected chi connectivity index (χ0v) is 16.5. The molecule has 0 unspecified atom stereocenters. The van der Waals surface area contributed by atoms with E-state index in [1.54, 1.807) is 0 Å². The SMILES string of the molecule is CCCC(OC1CCCCC1)(OC1CCCCC1)OC1CCCCC1. The Morgan fingerprint density at radius 1 is 0.560 bits per heavy atom. The Morgan fingerprint density at radius 3 is 1.16 bits per heavy atom. The molecule has 0 aliphatic heterocycles. The highest BCUT2D eigenvalue weighted by Gasteiger charge is 2.41. The first-order valence-corrected chi connectivity index (χ1v) is 11.3. The molecule has 0 aromatic carbocycles. The fourth-order valence-corrected chi connectivity index (χ4v) is 4.88. The Bertz CT molecular complexity index is 302. The number of hydrogen-bond donors (Lipinski definition) is 0. The summed E-state index contributed by atoms with van der Waals surface area (Å²) in [5.74, 6) is -0.777. The van der Waals surface area contributed by atoms with Crippen molar-refractivity contribution in [1.29, 1.82) is 0 Å². The topological polar surface area (TPSA) is 27.7 Å². The summed E-state index contributed by atoms with van der Waals surface area (Å²) in [6.07, 6.45) is 21.8. The lowest BCUT2D eigenvalue weighted by Gasteiger charge is -2.43. The van der Waals surface area contributed by atoms with Crippen molar-refractivity contribution in [3.63, 3.8) is 0 Å². The van der Waals surface area contributed by atoms with Crippen LogP contribution >= 0.6 is 0 Å². The monoisotopic (exact) mass is 352 g/mol. The normalized spacial score (nSPS) is 25.3. The molecule has 0 aromatic rings. The molecular weight excluding hydrogens is 312 g/mol. The third-order valence-electron chi connectivity index (χ3n) is 6.25. The van der Waals surface area contributed by atoms with E-state index in [1.165, 1.54) is 96.3 Å². The second kappa shape index (κ2) is 10.3. The van der Waals surface area contributed by atoms with E-state index in [-0.39, 0.29) is 0 Å². The number of ether oxygens (including phenoxy) is 3. The van der Waals surface area contributed by atoms with E-state index in [1.807, 2.05) is 0 Å². The molecule has 0 spiro atoms. The molecule has 3 nitrogen and oxygen atoms in total. The van der Waals surface area contributed by atoms with E-state index < -0.39 is 5.97 Å². The summed E-state index contributed by atoms with van der Waals surface area (Å²) in [6, 6.07) is 0. The molecule has 25 heavy (non-hydrogen) atoms. The second-order valence-corrected chi connectivity index (χ2v) is 8.57. The van der Waals surface area contributed by atoms with Gasteiger partial charge in [-0.3, -0.25) is 0 Å². The molecule has 3 rings (SSSR count). The van der Waals surface area contributed by atoms with Gasteiger partial charge in [-0.1, -0.05) is 64.7 Å². The van der Waals surface area contributed by atoms with Crippen LogP contribution in [-0.4, -0.2) is 24.3 Å². The number of hydrogen-bond acceptors (Lipinski definition) is 3. The maximum atomic E-state index is 6.68. The van der Waals surface area contributed by atoms with Crippen LogP contribution in [0.15, 0.2) is 0 Å². The van der Waals surface area contributed by atoms with Crippen LogP contribution in [-0.2, 0) is 14.2 Å². The fraction of sp³-hybridized carbons (Fsp3) is 1.00. The third-order valence-corrected chi connectivity index (χ3v) is 6.25. The van der Waals surface area contributed by atoms with Crippen LogP contribution in [0.1, 0.15) is 116 Å². The predicted octanol–water partition coefficient (Wildman–Crippen LogP) is 6.49. The van der Waals surface area contributed by atoms with Crippen molar-refractivity contribution in [3.05, 3.63) is 0 Å². The highest BCUT2D eigenvalue weighted by atomic mass is 16.9. The van der Waals surface area contributed by atoms with Gasteiger partial charge in [-0.25, -0.2) is 0 Å². The van der Waals surface area contributed by atoms with Crippen molar-refractivity contribution >= 4 is 0 Å². The molecule has 0 heterocycles. The van der Waals surface area contributed by atoms with Crippen LogP contribution in [0.2, 0.25) is 0 Å². The minimum Gasteiger partial charge on any atom is -0.324 e. The molecule has 0 saturated heterocycles. The summed E-state index contributed by atoms with van der Waals surface area (Å²) in [6.45, 7) is 2.23. The summed E-state index contributed by atoms with van der Waals surface area (Å²) >= 11 is 0. The molecule has 0 bridgehead atoms. The molecule has 0 N–H and O–H groups in total. The molecule has 146 valence electrons. The minimum absolute atomic E-state index is 0.326. The summed E-state index contributed by atoms with van der Waals surface area (Å²) in [5.41, 5.74) is 0. The molecule has 3 fully saturated rings. The Hall–Kier alpha value is -0.120. The second-order valence-electron chi connectivity index (χ2n) is 8.57. The van der Waals surface area contributed by atoms with Gasteiger partial charge in [0.15, 0.2) is 0 Å². The third kappa shape index (κ3) is 6.22. The maximum absolute atomic E-state index is 6.68. The summed E-state index contributed by atoms with van der Waals surface area (Å²) in [7, 11) is 0. The molecule has 3 aliphatic carbocycles. The van der Waals surface area contributed by atoms with Gasteiger partial charge in [0.25, 0.3) is 5.97 Å². The molecular formula is C22H40O3. The lowest BCUT2D eigenvalue weighted by atomic mass is 9.96. The average Bonchev–Trinajstić information content (AvgIpc) is 2.64. The predicted molar refractivity (Wildman–Crippen MR) is 102 cm³/mol. The van der Waals surface area contributed by atoms with Gasteiger partial charge < -0.3 is 14.2 Å². The first-order valence-electron chi connectivity index (χ1n) is 11.3. The largest absolute Gasteiger partial charge is 0.324 e. The van der Waals surface area contributed by atoms with E-state index in [2.05, 4.69) is 6.92 Å². The Morgan fingerprint density at radius 2 is 0.880 bits per heavy atom. The standard InChI is InChI=1S/C22H40O3/c1-2-18-22(23-19-12-6-3-7-13-19,24-20-14-8-4-9-15-20)25-21-16-10-5-11-17-21/h19-21H,2-18H2,1H3. The fourth-order valence-electron chi connectivity index (χ4n) is 4.88. The van der Waals surface area contributed by atoms with E-state index in [4.69, 9.17) is 14.2 Å². The van der Waals surface area contributed by atoms with E-state index in [0.717, 1.165) is 12.8 Å². The lowest BCUT2D eigenvalue weighted by Crippen LogP contribution is -2.48. The van der Waals surface area contributed by atoms with Crippen molar-refractivity contribution in [2.75, 3.05) is 0 Å². The molecule has 0 amide bonds. The van der Waals surface area contributed by atoms with Gasteiger partial charge in [0.2, 0.25) is 0 Å². The van der Waals surface area contributed by atoms with E-state index >= 15 is 0 Å². The zero-order chi connectivity index (χ0) is 17.4. The number of rotatable bonds is 8. The van der Waals surface area contributed by atoms with Crippen LogP contribution in [0, 0.1) is 0 Å². The highest BCUT2D eigenvalue weighted by Crippen LogP contribution is 2.36. The van der Waals surface area contributed by atoms with Gasteiger partial charge in [0, 0.05) is 6.42 Å². The Balaban J connectivity index is 1.69. The van der Waals surface area contributed by atoms with Crippen molar-refractivity contribution in [3.8, 4) is 0 Å². The van der Waals surface area contributed by atoms with E-state index in [0.29, 0.717) is 18.3 Å². The van der Waals surface area contributed by atoms with Gasteiger partial charge >= 0.3 is 0 Å². The lowest BCUT2D eigenvalue weighted by molar-refractivity contribution is -0.424. The van der Waals surface area contributed by atoms with Crippen LogP contribution in [0.5, 0.6) is 0 Å². The first-order chi connectivity index (χ1) is 12.3. The molecule has 3 saturated carbocycles. The van der Waals surface area contributed by atoms with Crippen LogP contribution in [0.4, 0.5) is 0 Å². The minimum atomic E-state index is -0.777. The Labute approximate surface area is 155 Å². The smallest absolute Gasteiger partial charge is 0.283 e. The average molecular weight is 353 g/mol. The highest BCUT2D eigenvalue weighted by molar-refractivity contribution is 4.75. The molecule has 3 heteroatoms. The van der Waals surface area contributed by atoms with Crippen molar-refractivity contribution in [2.45, 2.75) is 140 Å². The van der Waals surface area contributed by atoms with Gasteiger partial charge in [0.1, 0.15) is 0 Å². The van der Waals surface area contributed by atoms with Crippen molar-refractivity contribution < 1.29 is 14.2 Å². The molecule has 3 aliphatic rings. The van der Waals surface area contributed by atoms with E-state index in [9.17, 15) is 0 Å². The van der Waals surface area contributed by atoms with Crippen LogP contribution < -0.4 is 0 Å². The van der Waals surface area contributed by atoms with Crippen LogP contribution in [0.3, 0.4) is 0 Å². The molecule has 0 radical (unpaired) electrons. The summed E-state index contributed by atoms with van der Waals surface area (Å²) in [4.78, 5) is 0. The van der Waals surface area contributed by atoms with Gasteiger partial charge in [-0.15, -0.1) is 0 Å². The van der Waals surface area contributed by atoms with Gasteiger partial charge in [-0.05, 0) is 44.9 Å². The summed E-state index contributed by atoms with van der Waals surface area (Å²) in [5, 5.41) is 0. The van der Waals surface area contributed by atoms with Crippen LogP contribution in [0.25, 0.3) is 0 Å². The van der Waals surface area contributed by atoms with Gasteiger partial charge in [0.05, 0.1) is 18.3 Å². The summed E-state index contributed by atoms with van der Waals surface area (Å²) < 4.78 is 20.0. The quantitative estimate of drug-likeness (QED) is 0.467. The van der Waals surface area contributed by atoms with Crippen molar-refractivity contribution in [1.82, 2.24) is 0 Å².